The van der Waals surface area contributed by atoms with Crippen molar-refractivity contribution in [3.63, 3.8) is 0 Å². The average Bonchev–Trinajstić information content (AvgIpc) is 2.58. The molecule has 0 fully saturated rings. The van der Waals surface area contributed by atoms with E-state index < -0.39 is 0 Å². The molecule has 0 aliphatic heterocycles. The first-order valence-corrected chi connectivity index (χ1v) is 5.17. The molecular formula is C9H16ClN3O. The molecule has 4 nitrogen and oxygen atoms in total. The molecule has 0 amide bonds. The highest BCUT2D eigenvalue weighted by atomic mass is 35.5. The SMILES string of the molecule is CCOCCNCCn1cc(Cl)cn1. The third-order valence-corrected chi connectivity index (χ3v) is 1.94. The van der Waals surface area contributed by atoms with E-state index in [1.165, 1.54) is 0 Å². The monoisotopic (exact) mass is 217 g/mol. The minimum Gasteiger partial charge on any atom is -0.380 e. The molecule has 5 heteroatoms. The molecule has 0 spiro atoms. The van der Waals surface area contributed by atoms with Crippen LogP contribution in [0.5, 0.6) is 0 Å². The zero-order valence-electron chi connectivity index (χ0n) is 8.37. The summed E-state index contributed by atoms with van der Waals surface area (Å²) in [6.45, 7) is 6.12. The summed E-state index contributed by atoms with van der Waals surface area (Å²) >= 11 is 5.72. The van der Waals surface area contributed by atoms with E-state index in [-0.39, 0.29) is 0 Å². The van der Waals surface area contributed by atoms with Crippen molar-refractivity contribution in [2.45, 2.75) is 13.5 Å². The van der Waals surface area contributed by atoms with Crippen LogP contribution in [-0.2, 0) is 11.3 Å². The number of nitrogens with zero attached hydrogens (tertiary/aromatic N) is 2. The number of hydrogen-bond acceptors (Lipinski definition) is 3. The quantitative estimate of drug-likeness (QED) is 0.697. The zero-order chi connectivity index (χ0) is 10.2. The Kier molecular flexibility index (Phi) is 5.59. The number of nitrogens with one attached hydrogen (secondary N) is 1. The fraction of sp³-hybridized carbons (Fsp3) is 0.667. The summed E-state index contributed by atoms with van der Waals surface area (Å²) in [5.74, 6) is 0. The highest BCUT2D eigenvalue weighted by Crippen LogP contribution is 2.03. The van der Waals surface area contributed by atoms with Gasteiger partial charge in [0.1, 0.15) is 0 Å². The Morgan fingerprint density at radius 2 is 2.43 bits per heavy atom. The van der Waals surface area contributed by atoms with Crippen molar-refractivity contribution in [2.24, 2.45) is 0 Å². The molecule has 0 atom stereocenters. The molecule has 0 aliphatic carbocycles. The lowest BCUT2D eigenvalue weighted by Gasteiger charge is -2.04. The molecule has 0 radical (unpaired) electrons. The molecule has 1 heterocycles. The summed E-state index contributed by atoms with van der Waals surface area (Å²) in [5.41, 5.74) is 0. The molecule has 1 aromatic rings. The zero-order valence-corrected chi connectivity index (χ0v) is 9.13. The Morgan fingerprint density at radius 3 is 3.07 bits per heavy atom. The maximum Gasteiger partial charge on any atom is 0.0785 e. The first kappa shape index (κ1) is 11.5. The molecule has 0 bridgehead atoms. The van der Waals surface area contributed by atoms with Gasteiger partial charge >= 0.3 is 0 Å². The maximum atomic E-state index is 5.72. The van der Waals surface area contributed by atoms with E-state index in [1.54, 1.807) is 6.20 Å². The summed E-state index contributed by atoms with van der Waals surface area (Å²) in [6.07, 6.45) is 3.45. The third kappa shape index (κ3) is 4.60. The van der Waals surface area contributed by atoms with E-state index >= 15 is 0 Å². The highest BCUT2D eigenvalue weighted by molar-refractivity contribution is 6.30. The third-order valence-electron chi connectivity index (χ3n) is 1.75. The van der Waals surface area contributed by atoms with Gasteiger partial charge in [-0.3, -0.25) is 4.68 Å². The molecule has 1 N–H and O–H groups in total. The number of aromatic nitrogens is 2. The van der Waals surface area contributed by atoms with E-state index in [4.69, 9.17) is 16.3 Å². The van der Waals surface area contributed by atoms with Gasteiger partial charge in [-0.1, -0.05) is 11.6 Å². The second-order valence-electron chi connectivity index (χ2n) is 2.87. The summed E-state index contributed by atoms with van der Waals surface area (Å²) in [7, 11) is 0. The summed E-state index contributed by atoms with van der Waals surface area (Å²) < 4.78 is 7.00. The molecule has 1 rings (SSSR count). The van der Waals surface area contributed by atoms with Gasteiger partial charge in [-0.05, 0) is 6.92 Å². The van der Waals surface area contributed by atoms with Crippen molar-refractivity contribution in [3.8, 4) is 0 Å². The van der Waals surface area contributed by atoms with Gasteiger partial charge in [0.05, 0.1) is 24.4 Å². The molecule has 0 aromatic carbocycles. The molecule has 0 saturated heterocycles. The van der Waals surface area contributed by atoms with E-state index in [1.807, 2.05) is 17.8 Å². The van der Waals surface area contributed by atoms with Crippen LogP contribution in [0, 0.1) is 0 Å². The fourth-order valence-electron chi connectivity index (χ4n) is 1.07. The molecule has 0 aliphatic rings. The standard InChI is InChI=1S/C9H16ClN3O/c1-2-14-6-4-11-3-5-13-8-9(10)7-12-13/h7-8,11H,2-6H2,1H3. The van der Waals surface area contributed by atoms with E-state index in [0.29, 0.717) is 5.02 Å². The Morgan fingerprint density at radius 1 is 1.57 bits per heavy atom. The van der Waals surface area contributed by atoms with Crippen molar-refractivity contribution in [3.05, 3.63) is 17.4 Å². The smallest absolute Gasteiger partial charge is 0.0785 e. The molecule has 0 unspecified atom stereocenters. The van der Waals surface area contributed by atoms with Gasteiger partial charge in [-0.25, -0.2) is 0 Å². The van der Waals surface area contributed by atoms with Crippen LogP contribution in [0.4, 0.5) is 0 Å². The van der Waals surface area contributed by atoms with E-state index in [9.17, 15) is 0 Å². The molecule has 1 aromatic heterocycles. The fourth-order valence-corrected chi connectivity index (χ4v) is 1.22. The van der Waals surface area contributed by atoms with Crippen LogP contribution in [0.1, 0.15) is 6.92 Å². The van der Waals surface area contributed by atoms with Crippen LogP contribution in [0.2, 0.25) is 5.02 Å². The second-order valence-corrected chi connectivity index (χ2v) is 3.30. The predicted octanol–water partition coefficient (Wildman–Crippen LogP) is 1.16. The summed E-state index contributed by atoms with van der Waals surface area (Å²) in [5, 5.41) is 7.99. The van der Waals surface area contributed by atoms with Crippen LogP contribution in [0.15, 0.2) is 12.4 Å². The maximum absolute atomic E-state index is 5.72. The lowest BCUT2D eigenvalue weighted by Crippen LogP contribution is -2.24. The molecular weight excluding hydrogens is 202 g/mol. The molecule has 80 valence electrons. The lowest BCUT2D eigenvalue weighted by molar-refractivity contribution is 0.149. The normalized spacial score (nSPS) is 10.7. The number of halogens is 1. The predicted molar refractivity (Wildman–Crippen MR) is 56.6 cm³/mol. The van der Waals surface area contributed by atoms with Crippen LogP contribution in [0.25, 0.3) is 0 Å². The average molecular weight is 218 g/mol. The van der Waals surface area contributed by atoms with Crippen LogP contribution in [0.3, 0.4) is 0 Å². The van der Waals surface area contributed by atoms with Crippen molar-refractivity contribution in [2.75, 3.05) is 26.3 Å². The van der Waals surface area contributed by atoms with Gasteiger partial charge in [-0.2, -0.15) is 5.10 Å². The first-order chi connectivity index (χ1) is 6.83. The Hall–Kier alpha value is -0.580. The first-order valence-electron chi connectivity index (χ1n) is 4.79. The summed E-state index contributed by atoms with van der Waals surface area (Å²) in [6, 6.07) is 0. The van der Waals surface area contributed by atoms with Gasteiger partial charge in [0.15, 0.2) is 0 Å². The van der Waals surface area contributed by atoms with E-state index in [0.717, 1.165) is 32.8 Å². The van der Waals surface area contributed by atoms with Crippen LogP contribution < -0.4 is 5.32 Å². The van der Waals surface area contributed by atoms with Gasteiger partial charge < -0.3 is 10.1 Å². The van der Waals surface area contributed by atoms with Crippen molar-refractivity contribution < 1.29 is 4.74 Å². The van der Waals surface area contributed by atoms with Crippen LogP contribution in [-0.4, -0.2) is 36.1 Å². The summed E-state index contributed by atoms with van der Waals surface area (Å²) in [4.78, 5) is 0. The number of ether oxygens (including phenoxy) is 1. The largest absolute Gasteiger partial charge is 0.380 e. The molecule has 0 saturated carbocycles. The van der Waals surface area contributed by atoms with Gasteiger partial charge in [0, 0.05) is 25.9 Å². The topological polar surface area (TPSA) is 39.1 Å². The van der Waals surface area contributed by atoms with E-state index in [2.05, 4.69) is 10.4 Å². The minimum absolute atomic E-state index is 0.680. The lowest BCUT2D eigenvalue weighted by atomic mass is 10.5. The van der Waals surface area contributed by atoms with Gasteiger partial charge in [0.2, 0.25) is 0 Å². The van der Waals surface area contributed by atoms with Crippen LogP contribution >= 0.6 is 11.6 Å². The Balaban J connectivity index is 1.99. The van der Waals surface area contributed by atoms with Crippen molar-refractivity contribution in [1.29, 1.82) is 0 Å². The minimum atomic E-state index is 0.680. The second kappa shape index (κ2) is 6.81. The highest BCUT2D eigenvalue weighted by Gasteiger charge is 1.94. The van der Waals surface area contributed by atoms with Crippen molar-refractivity contribution in [1.82, 2.24) is 15.1 Å². The number of rotatable bonds is 7. The Bertz CT molecular complexity index is 252. The van der Waals surface area contributed by atoms with Crippen molar-refractivity contribution >= 4 is 11.6 Å². The van der Waals surface area contributed by atoms with Gasteiger partial charge in [-0.15, -0.1) is 0 Å². The Labute approximate surface area is 89.2 Å². The molecule has 14 heavy (non-hydrogen) atoms. The number of hydrogen-bond donors (Lipinski definition) is 1. The van der Waals surface area contributed by atoms with Gasteiger partial charge in [0.25, 0.3) is 0 Å².